The van der Waals surface area contributed by atoms with E-state index in [-0.39, 0.29) is 18.5 Å². The molecule has 0 spiro atoms. The molecule has 2 rings (SSSR count). The van der Waals surface area contributed by atoms with Crippen molar-refractivity contribution in [1.29, 1.82) is 0 Å². The van der Waals surface area contributed by atoms with Crippen molar-refractivity contribution in [3.63, 3.8) is 0 Å². The average molecular weight is 267 g/mol. The van der Waals surface area contributed by atoms with Gasteiger partial charge in [-0.15, -0.1) is 12.4 Å². The highest BCUT2D eigenvalue weighted by atomic mass is 35.5. The van der Waals surface area contributed by atoms with E-state index in [9.17, 15) is 0 Å². The molecule has 1 fully saturated rings. The second-order valence-electron chi connectivity index (χ2n) is 3.98. The maximum absolute atomic E-state index is 5.97. The van der Waals surface area contributed by atoms with Gasteiger partial charge in [0.15, 0.2) is 5.76 Å². The standard InChI is InChI=1S/C10H15ClN2O2.ClH/c1-7-9(11)10(12-15-7)14-8-3-5-13(2)6-4-8;/h8H,3-6H2,1-2H3;1H. The van der Waals surface area contributed by atoms with Crippen LogP contribution in [0.4, 0.5) is 0 Å². The van der Waals surface area contributed by atoms with E-state index in [0.29, 0.717) is 16.7 Å². The Kier molecular flexibility index (Phi) is 4.89. The minimum absolute atomic E-state index is 0. The van der Waals surface area contributed by atoms with Crippen LogP contribution >= 0.6 is 24.0 Å². The van der Waals surface area contributed by atoms with Gasteiger partial charge in [-0.1, -0.05) is 11.6 Å². The molecule has 1 aromatic heterocycles. The molecular formula is C10H16Cl2N2O2. The van der Waals surface area contributed by atoms with Crippen molar-refractivity contribution >= 4 is 24.0 Å². The molecule has 0 amide bonds. The van der Waals surface area contributed by atoms with Crippen molar-refractivity contribution in [2.24, 2.45) is 0 Å². The molecule has 16 heavy (non-hydrogen) atoms. The van der Waals surface area contributed by atoms with Gasteiger partial charge in [-0.25, -0.2) is 0 Å². The molecule has 1 aliphatic heterocycles. The Balaban J connectivity index is 0.00000128. The third-order valence-corrected chi connectivity index (χ3v) is 3.13. The topological polar surface area (TPSA) is 38.5 Å². The van der Waals surface area contributed by atoms with E-state index in [2.05, 4.69) is 17.1 Å². The third-order valence-electron chi connectivity index (χ3n) is 2.71. The van der Waals surface area contributed by atoms with E-state index in [4.69, 9.17) is 20.9 Å². The molecule has 0 aliphatic carbocycles. The zero-order valence-electron chi connectivity index (χ0n) is 9.40. The number of piperidine rings is 1. The maximum Gasteiger partial charge on any atom is 0.273 e. The largest absolute Gasteiger partial charge is 0.471 e. The quantitative estimate of drug-likeness (QED) is 0.825. The lowest BCUT2D eigenvalue weighted by molar-refractivity contribution is 0.106. The summed E-state index contributed by atoms with van der Waals surface area (Å²) in [6.07, 6.45) is 2.24. The minimum Gasteiger partial charge on any atom is -0.471 e. The summed E-state index contributed by atoms with van der Waals surface area (Å²) in [5.74, 6) is 1.04. The van der Waals surface area contributed by atoms with Crippen LogP contribution in [-0.4, -0.2) is 36.3 Å². The van der Waals surface area contributed by atoms with Gasteiger partial charge in [-0.3, -0.25) is 0 Å². The van der Waals surface area contributed by atoms with Gasteiger partial charge in [-0.05, 0) is 32.0 Å². The first-order valence-corrected chi connectivity index (χ1v) is 5.51. The van der Waals surface area contributed by atoms with Crippen molar-refractivity contribution in [1.82, 2.24) is 10.1 Å². The number of rotatable bonds is 2. The molecule has 4 nitrogen and oxygen atoms in total. The Morgan fingerprint density at radius 3 is 2.56 bits per heavy atom. The van der Waals surface area contributed by atoms with Crippen LogP contribution in [0.5, 0.6) is 5.88 Å². The Morgan fingerprint density at radius 1 is 1.44 bits per heavy atom. The molecule has 2 heterocycles. The Hall–Kier alpha value is -0.450. The van der Waals surface area contributed by atoms with Gasteiger partial charge in [0.1, 0.15) is 11.1 Å². The normalized spacial score (nSPS) is 18.2. The lowest BCUT2D eigenvalue weighted by Gasteiger charge is -2.28. The van der Waals surface area contributed by atoms with Gasteiger partial charge in [0.2, 0.25) is 0 Å². The molecule has 0 unspecified atom stereocenters. The zero-order chi connectivity index (χ0) is 10.8. The number of ether oxygens (including phenoxy) is 1. The number of hydrogen-bond acceptors (Lipinski definition) is 4. The fraction of sp³-hybridized carbons (Fsp3) is 0.700. The van der Waals surface area contributed by atoms with E-state index in [1.165, 1.54) is 0 Å². The van der Waals surface area contributed by atoms with Crippen LogP contribution in [0.1, 0.15) is 18.6 Å². The SMILES string of the molecule is Cc1onc(OC2CCN(C)CC2)c1Cl.Cl. The van der Waals surface area contributed by atoms with Crippen molar-refractivity contribution in [2.45, 2.75) is 25.9 Å². The fourth-order valence-corrected chi connectivity index (χ4v) is 1.79. The molecule has 92 valence electrons. The monoisotopic (exact) mass is 266 g/mol. The van der Waals surface area contributed by atoms with Gasteiger partial charge >= 0.3 is 0 Å². The highest BCUT2D eigenvalue weighted by Crippen LogP contribution is 2.28. The van der Waals surface area contributed by atoms with E-state index in [0.717, 1.165) is 25.9 Å². The zero-order valence-corrected chi connectivity index (χ0v) is 11.0. The fourth-order valence-electron chi connectivity index (χ4n) is 1.67. The summed E-state index contributed by atoms with van der Waals surface area (Å²) in [5, 5.41) is 4.28. The van der Waals surface area contributed by atoms with E-state index < -0.39 is 0 Å². The summed E-state index contributed by atoms with van der Waals surface area (Å²) in [4.78, 5) is 2.29. The minimum atomic E-state index is 0. The van der Waals surface area contributed by atoms with Crippen molar-refractivity contribution in [3.05, 3.63) is 10.8 Å². The molecule has 0 radical (unpaired) electrons. The van der Waals surface area contributed by atoms with E-state index >= 15 is 0 Å². The predicted octanol–water partition coefficient (Wildman–Crippen LogP) is 2.53. The highest BCUT2D eigenvalue weighted by Gasteiger charge is 2.21. The molecular weight excluding hydrogens is 251 g/mol. The number of nitrogens with zero attached hydrogens (tertiary/aromatic N) is 2. The summed E-state index contributed by atoms with van der Waals surface area (Å²) < 4.78 is 10.6. The third kappa shape index (κ3) is 3.03. The summed E-state index contributed by atoms with van der Waals surface area (Å²) >= 11 is 5.97. The summed E-state index contributed by atoms with van der Waals surface area (Å²) in [5.41, 5.74) is 0. The summed E-state index contributed by atoms with van der Waals surface area (Å²) in [6.45, 7) is 3.88. The van der Waals surface area contributed by atoms with Gasteiger partial charge < -0.3 is 14.2 Å². The first kappa shape index (κ1) is 13.6. The van der Waals surface area contributed by atoms with Crippen LogP contribution in [0.25, 0.3) is 0 Å². The van der Waals surface area contributed by atoms with Crippen LogP contribution < -0.4 is 4.74 Å². The molecule has 0 atom stereocenters. The number of aryl methyl sites for hydroxylation is 1. The molecule has 1 saturated heterocycles. The van der Waals surface area contributed by atoms with E-state index in [1.54, 1.807) is 6.92 Å². The smallest absolute Gasteiger partial charge is 0.273 e. The number of likely N-dealkylation sites (tertiary alicyclic amines) is 1. The number of hydrogen-bond donors (Lipinski definition) is 0. The van der Waals surface area contributed by atoms with E-state index in [1.807, 2.05) is 0 Å². The first-order valence-electron chi connectivity index (χ1n) is 5.14. The molecule has 1 aliphatic rings. The predicted molar refractivity (Wildman–Crippen MR) is 64.6 cm³/mol. The van der Waals surface area contributed by atoms with Crippen LogP contribution in [0.15, 0.2) is 4.52 Å². The number of aromatic nitrogens is 1. The lowest BCUT2D eigenvalue weighted by atomic mass is 10.1. The van der Waals surface area contributed by atoms with Crippen molar-refractivity contribution in [2.75, 3.05) is 20.1 Å². The van der Waals surface area contributed by atoms with Gasteiger partial charge in [0, 0.05) is 13.1 Å². The average Bonchev–Trinajstić information content (AvgIpc) is 2.53. The van der Waals surface area contributed by atoms with Gasteiger partial charge in [-0.2, -0.15) is 0 Å². The molecule has 0 N–H and O–H groups in total. The van der Waals surface area contributed by atoms with Crippen LogP contribution in [-0.2, 0) is 0 Å². The van der Waals surface area contributed by atoms with Gasteiger partial charge in [0.25, 0.3) is 5.88 Å². The molecule has 0 saturated carbocycles. The van der Waals surface area contributed by atoms with Crippen LogP contribution in [0.3, 0.4) is 0 Å². The summed E-state index contributed by atoms with van der Waals surface area (Å²) in [6, 6.07) is 0. The Labute approximate surface area is 106 Å². The van der Waals surface area contributed by atoms with Crippen molar-refractivity contribution < 1.29 is 9.26 Å². The first-order chi connectivity index (χ1) is 7.16. The van der Waals surface area contributed by atoms with Crippen LogP contribution in [0.2, 0.25) is 5.02 Å². The van der Waals surface area contributed by atoms with Crippen LogP contribution in [0, 0.1) is 6.92 Å². The van der Waals surface area contributed by atoms with Gasteiger partial charge in [0.05, 0.1) is 0 Å². The second-order valence-corrected chi connectivity index (χ2v) is 4.36. The number of halogens is 2. The molecule has 0 bridgehead atoms. The lowest BCUT2D eigenvalue weighted by Crippen LogP contribution is -2.35. The summed E-state index contributed by atoms with van der Waals surface area (Å²) in [7, 11) is 2.11. The molecule has 6 heteroatoms. The second kappa shape index (κ2) is 5.75. The Morgan fingerprint density at radius 2 is 2.06 bits per heavy atom. The highest BCUT2D eigenvalue weighted by molar-refractivity contribution is 6.32. The molecule has 0 aromatic carbocycles. The Bertz CT molecular complexity index is 336. The molecule has 1 aromatic rings. The van der Waals surface area contributed by atoms with Crippen molar-refractivity contribution in [3.8, 4) is 5.88 Å². The maximum atomic E-state index is 5.97.